The first-order valence-electron chi connectivity index (χ1n) is 9.10. The average Bonchev–Trinajstić information content (AvgIpc) is 2.74. The maximum atomic E-state index is 13.4. The molecular formula is C22H18F3N5O. The van der Waals surface area contributed by atoms with Gasteiger partial charge in [-0.2, -0.15) is 13.2 Å². The number of allylic oxidation sites excluding steroid dienone is 1. The second kappa shape index (κ2) is 9.21. The van der Waals surface area contributed by atoms with Crippen LogP contribution < -0.4 is 11.1 Å². The molecule has 31 heavy (non-hydrogen) atoms. The number of carbonyl (C=O) groups excluding carboxylic acids is 1. The Morgan fingerprint density at radius 3 is 2.48 bits per heavy atom. The lowest BCUT2D eigenvalue weighted by molar-refractivity contribution is -0.0576. The van der Waals surface area contributed by atoms with Gasteiger partial charge in [0.25, 0.3) is 5.91 Å². The number of anilines is 1. The van der Waals surface area contributed by atoms with Gasteiger partial charge in [0.1, 0.15) is 5.71 Å². The van der Waals surface area contributed by atoms with Crippen LogP contribution in [0.15, 0.2) is 78.2 Å². The van der Waals surface area contributed by atoms with Crippen LogP contribution in [0.1, 0.15) is 21.5 Å². The van der Waals surface area contributed by atoms with Crippen molar-refractivity contribution in [2.24, 2.45) is 10.7 Å². The highest BCUT2D eigenvalue weighted by Gasteiger charge is 2.34. The van der Waals surface area contributed by atoms with E-state index in [1.54, 1.807) is 24.3 Å². The Hall–Kier alpha value is -4.01. The van der Waals surface area contributed by atoms with Gasteiger partial charge >= 0.3 is 6.18 Å². The number of rotatable bonds is 5. The van der Waals surface area contributed by atoms with Crippen molar-refractivity contribution in [2.45, 2.75) is 13.1 Å². The second-order valence-corrected chi connectivity index (χ2v) is 6.56. The number of hydrogen-bond acceptors (Lipinski definition) is 5. The van der Waals surface area contributed by atoms with Crippen molar-refractivity contribution in [3.63, 3.8) is 0 Å². The predicted octanol–water partition coefficient (Wildman–Crippen LogP) is 4.67. The number of aryl methyl sites for hydroxylation is 1. The van der Waals surface area contributed by atoms with E-state index in [0.717, 1.165) is 11.6 Å². The van der Waals surface area contributed by atoms with E-state index >= 15 is 0 Å². The van der Waals surface area contributed by atoms with E-state index in [1.807, 2.05) is 13.0 Å². The molecule has 0 saturated carbocycles. The largest absolute Gasteiger partial charge is 0.433 e. The molecule has 2 aromatic heterocycles. The Labute approximate surface area is 176 Å². The SMILES string of the molecule is Cc1cccc(C(=O)Nc2ccc(N=C(C=C(N)c3cccnc3)C(F)(F)F)nc2)c1. The molecule has 3 aromatic rings. The first kappa shape index (κ1) is 21.7. The Morgan fingerprint density at radius 2 is 1.87 bits per heavy atom. The lowest BCUT2D eigenvalue weighted by Gasteiger charge is -2.09. The van der Waals surface area contributed by atoms with Crippen molar-refractivity contribution in [2.75, 3.05) is 5.32 Å². The van der Waals surface area contributed by atoms with Gasteiger partial charge in [0.05, 0.1) is 11.9 Å². The molecule has 0 fully saturated rings. The number of carbonyl (C=O) groups is 1. The summed E-state index contributed by atoms with van der Waals surface area (Å²) in [5.74, 6) is -0.541. The summed E-state index contributed by atoms with van der Waals surface area (Å²) in [6.45, 7) is 1.86. The van der Waals surface area contributed by atoms with Crippen molar-refractivity contribution in [3.8, 4) is 0 Å². The zero-order valence-corrected chi connectivity index (χ0v) is 16.4. The maximum Gasteiger partial charge on any atom is 0.433 e. The number of hydrogen-bond donors (Lipinski definition) is 2. The highest BCUT2D eigenvalue weighted by Crippen LogP contribution is 2.24. The van der Waals surface area contributed by atoms with Crippen LogP contribution in [0.5, 0.6) is 0 Å². The Bertz CT molecular complexity index is 1120. The van der Waals surface area contributed by atoms with Gasteiger partial charge in [-0.3, -0.25) is 9.78 Å². The average molecular weight is 425 g/mol. The quantitative estimate of drug-likeness (QED) is 0.581. The van der Waals surface area contributed by atoms with Gasteiger partial charge in [-0.05, 0) is 49.4 Å². The number of nitrogens with two attached hydrogens (primary N) is 1. The Morgan fingerprint density at radius 1 is 1.10 bits per heavy atom. The predicted molar refractivity (Wildman–Crippen MR) is 113 cm³/mol. The first-order chi connectivity index (χ1) is 14.7. The normalized spacial score (nSPS) is 12.5. The molecule has 0 aliphatic carbocycles. The number of nitrogens with zero attached hydrogens (tertiary/aromatic N) is 3. The van der Waals surface area contributed by atoms with Crippen molar-refractivity contribution >= 4 is 28.8 Å². The van der Waals surface area contributed by atoms with E-state index in [1.165, 1.54) is 36.8 Å². The number of nitrogens with one attached hydrogen (secondary N) is 1. The van der Waals surface area contributed by atoms with Crippen LogP contribution in [-0.4, -0.2) is 27.8 Å². The van der Waals surface area contributed by atoms with Crippen LogP contribution in [0.25, 0.3) is 5.70 Å². The number of amides is 1. The molecule has 158 valence electrons. The highest BCUT2D eigenvalue weighted by atomic mass is 19.4. The van der Waals surface area contributed by atoms with Gasteiger partial charge in [0, 0.05) is 29.2 Å². The minimum absolute atomic E-state index is 0.133. The number of aliphatic imine (C=N–C) groups is 1. The van der Waals surface area contributed by atoms with Crippen LogP contribution >= 0.6 is 0 Å². The van der Waals surface area contributed by atoms with Crippen molar-refractivity contribution in [3.05, 3.63) is 89.9 Å². The Balaban J connectivity index is 1.81. The highest BCUT2D eigenvalue weighted by molar-refractivity contribution is 6.05. The summed E-state index contributed by atoms with van der Waals surface area (Å²) in [5, 5.41) is 2.64. The van der Waals surface area contributed by atoms with Crippen LogP contribution in [-0.2, 0) is 0 Å². The van der Waals surface area contributed by atoms with E-state index in [9.17, 15) is 18.0 Å². The summed E-state index contributed by atoms with van der Waals surface area (Å²) in [6.07, 6.45) is 0.0515. The lowest BCUT2D eigenvalue weighted by atomic mass is 10.1. The monoisotopic (exact) mass is 425 g/mol. The third-order valence-corrected chi connectivity index (χ3v) is 4.10. The van der Waals surface area contributed by atoms with Crippen molar-refractivity contribution in [1.29, 1.82) is 0 Å². The molecule has 0 radical (unpaired) electrons. The van der Waals surface area contributed by atoms with Crippen LogP contribution in [0.4, 0.5) is 24.7 Å². The van der Waals surface area contributed by atoms with Gasteiger partial charge in [-0.25, -0.2) is 9.98 Å². The summed E-state index contributed by atoms with van der Waals surface area (Å²) in [6, 6.07) is 12.8. The zero-order chi connectivity index (χ0) is 22.4. The minimum atomic E-state index is -4.74. The van der Waals surface area contributed by atoms with Gasteiger partial charge in [-0.1, -0.05) is 17.7 Å². The summed E-state index contributed by atoms with van der Waals surface area (Å²) in [5.41, 5.74) is 6.46. The van der Waals surface area contributed by atoms with E-state index < -0.39 is 11.9 Å². The maximum absolute atomic E-state index is 13.4. The fourth-order valence-corrected chi connectivity index (χ4v) is 2.58. The molecule has 1 amide bonds. The van der Waals surface area contributed by atoms with Gasteiger partial charge < -0.3 is 11.1 Å². The summed E-state index contributed by atoms with van der Waals surface area (Å²) < 4.78 is 40.3. The molecule has 0 unspecified atom stereocenters. The zero-order valence-electron chi connectivity index (χ0n) is 16.4. The standard InChI is InChI=1S/C22H18F3N5O/c1-14-4-2-5-15(10-14)21(31)29-17-7-8-20(28-13-17)30-19(22(23,24)25)11-18(26)16-6-3-9-27-12-16/h2-13H,26H2,1H3,(H,29,31). The molecule has 0 aliphatic heterocycles. The van der Waals surface area contributed by atoms with Crippen LogP contribution in [0.2, 0.25) is 0 Å². The molecule has 9 heteroatoms. The molecule has 0 atom stereocenters. The third kappa shape index (κ3) is 5.99. The van der Waals surface area contributed by atoms with Gasteiger partial charge in [0.15, 0.2) is 5.82 Å². The summed E-state index contributed by atoms with van der Waals surface area (Å²) >= 11 is 0. The molecular weight excluding hydrogens is 407 g/mol. The van der Waals surface area contributed by atoms with Gasteiger partial charge in [0.2, 0.25) is 0 Å². The minimum Gasteiger partial charge on any atom is -0.398 e. The summed E-state index contributed by atoms with van der Waals surface area (Å²) in [4.78, 5) is 23.6. The Kier molecular flexibility index (Phi) is 6.44. The number of alkyl halides is 3. The molecule has 0 aliphatic rings. The molecule has 3 N–H and O–H groups in total. The number of pyridine rings is 2. The van der Waals surface area contributed by atoms with E-state index in [0.29, 0.717) is 16.8 Å². The topological polar surface area (TPSA) is 93.3 Å². The third-order valence-electron chi connectivity index (χ3n) is 4.10. The smallest absolute Gasteiger partial charge is 0.398 e. The second-order valence-electron chi connectivity index (χ2n) is 6.56. The number of benzene rings is 1. The lowest BCUT2D eigenvalue weighted by Crippen LogP contribution is -2.22. The molecule has 0 saturated heterocycles. The molecule has 1 aromatic carbocycles. The number of aromatic nitrogens is 2. The fraction of sp³-hybridized carbons (Fsp3) is 0.0909. The van der Waals surface area contributed by atoms with Crippen molar-refractivity contribution < 1.29 is 18.0 Å². The van der Waals surface area contributed by atoms with E-state index in [4.69, 9.17) is 5.73 Å². The molecule has 0 bridgehead atoms. The molecule has 3 rings (SSSR count). The van der Waals surface area contributed by atoms with E-state index in [2.05, 4.69) is 20.3 Å². The first-order valence-corrected chi connectivity index (χ1v) is 9.10. The van der Waals surface area contributed by atoms with Crippen molar-refractivity contribution in [1.82, 2.24) is 9.97 Å². The fourth-order valence-electron chi connectivity index (χ4n) is 2.58. The molecule has 2 heterocycles. The molecule has 0 spiro atoms. The van der Waals surface area contributed by atoms with Crippen LogP contribution in [0.3, 0.4) is 0 Å². The van der Waals surface area contributed by atoms with E-state index in [-0.39, 0.29) is 17.4 Å². The van der Waals surface area contributed by atoms with Gasteiger partial charge in [-0.15, -0.1) is 0 Å². The number of halogens is 3. The molecule has 6 nitrogen and oxygen atoms in total. The van der Waals surface area contributed by atoms with Crippen LogP contribution in [0, 0.1) is 6.92 Å². The summed E-state index contributed by atoms with van der Waals surface area (Å²) in [7, 11) is 0.